The van der Waals surface area contributed by atoms with Crippen LogP contribution in [0.15, 0.2) is 29.2 Å². The lowest BCUT2D eigenvalue weighted by molar-refractivity contribution is 0.0691. The number of hydrogen-bond acceptors (Lipinski definition) is 6. The van der Waals surface area contributed by atoms with Crippen molar-refractivity contribution >= 4 is 27.6 Å². The van der Waals surface area contributed by atoms with E-state index in [2.05, 4.69) is 5.10 Å². The Bertz CT molecular complexity index is 779. The van der Waals surface area contributed by atoms with E-state index in [-0.39, 0.29) is 16.4 Å². The zero-order valence-electron chi connectivity index (χ0n) is 9.89. The first-order valence-electron chi connectivity index (χ1n) is 5.17. The first-order chi connectivity index (χ1) is 9.21. The second-order valence-corrected chi connectivity index (χ2v) is 5.25. The number of aromatic nitrogens is 2. The molecule has 0 spiro atoms. The van der Waals surface area contributed by atoms with Crippen molar-refractivity contribution in [1.29, 1.82) is 0 Å². The highest BCUT2D eigenvalue weighted by Crippen LogP contribution is 2.24. The van der Waals surface area contributed by atoms with E-state index in [1.165, 1.54) is 12.1 Å². The fraction of sp³-hybridized carbons (Fsp3) is 0. The van der Waals surface area contributed by atoms with E-state index < -0.39 is 21.8 Å². The molecule has 0 aliphatic carbocycles. The first-order valence-corrected chi connectivity index (χ1v) is 6.61. The lowest BCUT2D eigenvalue weighted by Crippen LogP contribution is -2.04. The molecular formula is C10H10N4O5S. The van der Waals surface area contributed by atoms with E-state index in [1.807, 2.05) is 0 Å². The van der Waals surface area contributed by atoms with Gasteiger partial charge in [-0.2, -0.15) is 13.5 Å². The summed E-state index contributed by atoms with van der Waals surface area (Å²) in [6.45, 7) is 0. The van der Waals surface area contributed by atoms with Crippen LogP contribution in [0.2, 0.25) is 0 Å². The molecule has 10 heteroatoms. The van der Waals surface area contributed by atoms with Gasteiger partial charge in [0.1, 0.15) is 5.69 Å². The average Bonchev–Trinajstić information content (AvgIpc) is 2.66. The molecule has 2 aromatic rings. The van der Waals surface area contributed by atoms with E-state index in [4.69, 9.17) is 21.1 Å². The van der Waals surface area contributed by atoms with Crippen molar-refractivity contribution in [3.8, 4) is 5.69 Å². The van der Waals surface area contributed by atoms with Crippen molar-refractivity contribution < 1.29 is 22.9 Å². The van der Waals surface area contributed by atoms with Gasteiger partial charge in [-0.25, -0.2) is 9.48 Å². The molecule has 6 N–H and O–H groups in total. The number of aromatic carboxylic acids is 1. The number of rotatable bonds is 3. The average molecular weight is 298 g/mol. The van der Waals surface area contributed by atoms with Crippen LogP contribution in [0.1, 0.15) is 10.5 Å². The zero-order valence-corrected chi connectivity index (χ0v) is 10.7. The number of nitrogen functional groups attached to an aromatic ring is 2. The number of carboxylic acids is 1. The van der Waals surface area contributed by atoms with Crippen LogP contribution < -0.4 is 11.5 Å². The summed E-state index contributed by atoms with van der Waals surface area (Å²) < 4.78 is 31.7. The summed E-state index contributed by atoms with van der Waals surface area (Å²) in [6.07, 6.45) is 0. The second-order valence-electron chi connectivity index (χ2n) is 3.83. The van der Waals surface area contributed by atoms with Gasteiger partial charge in [0.2, 0.25) is 0 Å². The van der Waals surface area contributed by atoms with Crippen LogP contribution >= 0.6 is 0 Å². The molecule has 0 atom stereocenters. The number of carboxylic acid groups (broad SMARTS) is 1. The third-order valence-electron chi connectivity index (χ3n) is 2.54. The van der Waals surface area contributed by atoms with Gasteiger partial charge in [0.05, 0.1) is 10.6 Å². The number of hydrogen-bond donors (Lipinski definition) is 4. The van der Waals surface area contributed by atoms with Crippen LogP contribution in [-0.2, 0) is 10.1 Å². The third-order valence-corrected chi connectivity index (χ3v) is 3.41. The zero-order chi connectivity index (χ0) is 15.1. The molecule has 9 nitrogen and oxygen atoms in total. The Balaban J connectivity index is 2.53. The maximum Gasteiger partial charge on any atom is 0.358 e. The van der Waals surface area contributed by atoms with Crippen LogP contribution in [0.3, 0.4) is 0 Å². The minimum Gasteiger partial charge on any atom is -0.476 e. The molecule has 2 rings (SSSR count). The quantitative estimate of drug-likeness (QED) is 0.574. The molecule has 106 valence electrons. The fourth-order valence-corrected chi connectivity index (χ4v) is 2.04. The van der Waals surface area contributed by atoms with Crippen molar-refractivity contribution in [2.45, 2.75) is 4.90 Å². The van der Waals surface area contributed by atoms with Gasteiger partial charge in [-0.05, 0) is 24.3 Å². The Hall–Kier alpha value is -2.59. The van der Waals surface area contributed by atoms with Crippen molar-refractivity contribution in [1.82, 2.24) is 9.78 Å². The summed E-state index contributed by atoms with van der Waals surface area (Å²) in [5, 5.41) is 12.6. The molecule has 0 amide bonds. The maximum absolute atomic E-state index is 10.9. The highest BCUT2D eigenvalue weighted by atomic mass is 32.2. The summed E-state index contributed by atoms with van der Waals surface area (Å²) in [4.78, 5) is 10.6. The van der Waals surface area contributed by atoms with Gasteiger partial charge in [0, 0.05) is 0 Å². The van der Waals surface area contributed by atoms with Crippen molar-refractivity contribution in [2.24, 2.45) is 0 Å². The molecule has 0 radical (unpaired) electrons. The van der Waals surface area contributed by atoms with E-state index in [9.17, 15) is 13.2 Å². The standard InChI is InChI=1S/C10H10N4O5S/c11-7-8(10(15)16)13-14(9(7)12)5-1-3-6(4-2-5)20(17,18)19/h1-4H,11-12H2,(H,15,16)(H,17,18,19). The summed E-state index contributed by atoms with van der Waals surface area (Å²) in [5.41, 5.74) is 10.9. The van der Waals surface area contributed by atoms with Gasteiger partial charge >= 0.3 is 5.97 Å². The van der Waals surface area contributed by atoms with Gasteiger partial charge in [-0.1, -0.05) is 0 Å². The van der Waals surface area contributed by atoms with Crippen LogP contribution in [0.4, 0.5) is 11.5 Å². The van der Waals surface area contributed by atoms with Crippen molar-refractivity contribution in [2.75, 3.05) is 11.5 Å². The normalized spacial score (nSPS) is 11.4. The molecule has 0 bridgehead atoms. The number of carbonyl (C=O) groups is 1. The molecular weight excluding hydrogens is 288 g/mol. The van der Waals surface area contributed by atoms with E-state index in [0.29, 0.717) is 5.69 Å². The number of benzene rings is 1. The lowest BCUT2D eigenvalue weighted by Gasteiger charge is -2.04. The molecule has 0 saturated carbocycles. The number of anilines is 2. The maximum atomic E-state index is 10.9. The lowest BCUT2D eigenvalue weighted by atomic mass is 10.3. The molecule has 0 aliphatic heterocycles. The number of nitrogens with two attached hydrogens (primary N) is 2. The highest BCUT2D eigenvalue weighted by Gasteiger charge is 2.19. The van der Waals surface area contributed by atoms with E-state index >= 15 is 0 Å². The van der Waals surface area contributed by atoms with Gasteiger partial charge < -0.3 is 16.6 Å². The van der Waals surface area contributed by atoms with Gasteiger partial charge in [0.25, 0.3) is 10.1 Å². The third kappa shape index (κ3) is 2.29. The largest absolute Gasteiger partial charge is 0.476 e. The molecule has 0 fully saturated rings. The second kappa shape index (κ2) is 4.51. The Morgan fingerprint density at radius 1 is 1.20 bits per heavy atom. The summed E-state index contributed by atoms with van der Waals surface area (Å²) >= 11 is 0. The monoisotopic (exact) mass is 298 g/mol. The SMILES string of the molecule is Nc1c(C(=O)O)nn(-c2ccc(S(=O)(=O)O)cc2)c1N. The topological polar surface area (TPSA) is 162 Å². The molecule has 0 saturated heterocycles. The molecule has 1 aromatic carbocycles. The van der Waals surface area contributed by atoms with E-state index in [1.54, 1.807) is 0 Å². The van der Waals surface area contributed by atoms with Gasteiger partial charge in [-0.15, -0.1) is 0 Å². The molecule has 0 aliphatic rings. The summed E-state index contributed by atoms with van der Waals surface area (Å²) in [6, 6.07) is 4.86. The first kappa shape index (κ1) is 13.8. The van der Waals surface area contributed by atoms with Crippen LogP contribution in [0, 0.1) is 0 Å². The summed E-state index contributed by atoms with van der Waals surface area (Å²) in [5.74, 6) is -1.41. The number of nitrogens with zero attached hydrogens (tertiary/aromatic N) is 2. The predicted octanol–water partition coefficient (Wildman–Crippen LogP) is -0.0184. The predicted molar refractivity (Wildman–Crippen MR) is 69.2 cm³/mol. The van der Waals surface area contributed by atoms with Crippen molar-refractivity contribution in [3.05, 3.63) is 30.0 Å². The Morgan fingerprint density at radius 3 is 2.15 bits per heavy atom. The minimum absolute atomic E-state index is 0.0815. The fourth-order valence-electron chi connectivity index (χ4n) is 1.56. The summed E-state index contributed by atoms with van der Waals surface area (Å²) in [7, 11) is -4.31. The highest BCUT2D eigenvalue weighted by molar-refractivity contribution is 7.85. The molecule has 0 unspecified atom stereocenters. The smallest absolute Gasteiger partial charge is 0.358 e. The van der Waals surface area contributed by atoms with Crippen molar-refractivity contribution in [3.63, 3.8) is 0 Å². The van der Waals surface area contributed by atoms with Gasteiger partial charge in [0.15, 0.2) is 11.5 Å². The Kier molecular flexibility index (Phi) is 3.12. The molecule has 20 heavy (non-hydrogen) atoms. The van der Waals surface area contributed by atoms with Crippen LogP contribution in [0.5, 0.6) is 0 Å². The van der Waals surface area contributed by atoms with E-state index in [0.717, 1.165) is 16.8 Å². The molecule has 1 heterocycles. The Labute approximate surface area is 113 Å². The Morgan fingerprint density at radius 2 is 1.75 bits per heavy atom. The molecule has 1 aromatic heterocycles. The van der Waals surface area contributed by atoms with Crippen LogP contribution in [0.25, 0.3) is 5.69 Å². The van der Waals surface area contributed by atoms with Gasteiger partial charge in [-0.3, -0.25) is 4.55 Å². The minimum atomic E-state index is -4.31. The van der Waals surface area contributed by atoms with Crippen LogP contribution in [-0.4, -0.2) is 33.8 Å².